The number of rotatable bonds is 7. The molecule has 0 aliphatic carbocycles. The number of nitrogens with zero attached hydrogens (tertiary/aromatic N) is 2. The summed E-state index contributed by atoms with van der Waals surface area (Å²) in [5.74, 6) is 0.486. The number of nitrogens with one attached hydrogen (secondary N) is 1. The Morgan fingerprint density at radius 1 is 1.22 bits per heavy atom. The third-order valence-electron chi connectivity index (χ3n) is 6.23. The summed E-state index contributed by atoms with van der Waals surface area (Å²) in [4.78, 5) is 31.9. The van der Waals surface area contributed by atoms with E-state index in [0.29, 0.717) is 41.9 Å². The van der Waals surface area contributed by atoms with Crippen molar-refractivity contribution in [2.24, 2.45) is 11.3 Å². The van der Waals surface area contributed by atoms with E-state index in [-0.39, 0.29) is 24.2 Å². The Hall–Kier alpha value is -3.26. The number of carbonyl (C=O) groups excluding carboxylic acids is 2. The average molecular weight is 524 g/mol. The van der Waals surface area contributed by atoms with Gasteiger partial charge in [0, 0.05) is 23.9 Å². The zero-order chi connectivity index (χ0) is 26.7. The van der Waals surface area contributed by atoms with Crippen LogP contribution in [0.1, 0.15) is 72.8 Å². The van der Waals surface area contributed by atoms with Crippen molar-refractivity contribution in [3.8, 4) is 5.75 Å². The smallest absolute Gasteiger partial charge is 0.270 e. The van der Waals surface area contributed by atoms with Crippen LogP contribution in [-0.2, 0) is 17.8 Å². The molecule has 6 nitrogen and oxygen atoms in total. The van der Waals surface area contributed by atoms with E-state index < -0.39 is 11.5 Å². The van der Waals surface area contributed by atoms with E-state index in [1.165, 1.54) is 23.5 Å². The molecule has 8 heteroatoms. The molecule has 37 heavy (non-hydrogen) atoms. The van der Waals surface area contributed by atoms with Crippen molar-refractivity contribution < 1.29 is 18.7 Å². The highest BCUT2D eigenvalue weighted by Crippen LogP contribution is 2.39. The summed E-state index contributed by atoms with van der Waals surface area (Å²) in [6.45, 7) is 11.2. The van der Waals surface area contributed by atoms with E-state index in [4.69, 9.17) is 4.74 Å². The van der Waals surface area contributed by atoms with Gasteiger partial charge in [-0.05, 0) is 53.3 Å². The summed E-state index contributed by atoms with van der Waals surface area (Å²) in [5.41, 5.74) is 2.59. The molecule has 0 fully saturated rings. The molecule has 2 aromatic carbocycles. The van der Waals surface area contributed by atoms with Crippen LogP contribution < -0.4 is 10.1 Å². The predicted molar refractivity (Wildman–Crippen MR) is 143 cm³/mol. The number of ether oxygens (including phenoxy) is 1. The molecular formula is C29H34FN3O3S. The zero-order valence-corrected chi connectivity index (χ0v) is 22.8. The van der Waals surface area contributed by atoms with Crippen molar-refractivity contribution in [2.45, 2.75) is 53.7 Å². The number of thiazole rings is 1. The number of benzene rings is 2. The summed E-state index contributed by atoms with van der Waals surface area (Å²) in [5, 5.41) is 5.30. The molecule has 4 rings (SSSR count). The van der Waals surface area contributed by atoms with Crippen molar-refractivity contribution in [3.05, 3.63) is 81.1 Å². The van der Waals surface area contributed by atoms with Gasteiger partial charge in [-0.1, -0.05) is 52.8 Å². The predicted octanol–water partition coefficient (Wildman–Crippen LogP) is 5.77. The highest BCUT2D eigenvalue weighted by atomic mass is 32.1. The Kier molecular flexibility index (Phi) is 7.97. The van der Waals surface area contributed by atoms with Gasteiger partial charge in [-0.25, -0.2) is 9.37 Å². The number of hydrogen-bond acceptors (Lipinski definition) is 5. The fourth-order valence-electron chi connectivity index (χ4n) is 4.38. The quantitative estimate of drug-likeness (QED) is 0.427. The SMILES string of the molecule is CC(C)CNC(=O)c1csc(COc2ccc3c(c2)C(c2cccc(F)c2)N(C(=O)C(C)(C)C)CC3)n1. The van der Waals surface area contributed by atoms with E-state index in [1.807, 2.05) is 63.8 Å². The first kappa shape index (κ1) is 26.8. The van der Waals surface area contributed by atoms with Crippen molar-refractivity contribution in [1.82, 2.24) is 15.2 Å². The lowest BCUT2D eigenvalue weighted by molar-refractivity contribution is -0.141. The standard InChI is InChI=1S/C29H34FN3O3S/c1-18(2)15-31-27(34)24-17-37-25(32-24)16-36-22-10-9-19-11-12-33(28(35)29(3,4)5)26(23(19)14-22)20-7-6-8-21(30)13-20/h6-10,13-14,17-18,26H,11-12,15-16H2,1-5H3,(H,31,34). The number of aromatic nitrogens is 1. The van der Waals surface area contributed by atoms with Crippen molar-refractivity contribution >= 4 is 23.2 Å². The second kappa shape index (κ2) is 11.0. The maximum atomic E-state index is 14.2. The largest absolute Gasteiger partial charge is 0.486 e. The lowest BCUT2D eigenvalue weighted by atomic mass is 9.85. The molecule has 1 unspecified atom stereocenters. The van der Waals surface area contributed by atoms with Crippen molar-refractivity contribution in [1.29, 1.82) is 0 Å². The van der Waals surface area contributed by atoms with Gasteiger partial charge in [-0.15, -0.1) is 11.3 Å². The Bertz CT molecular complexity index is 1280. The molecule has 2 heterocycles. The van der Waals surface area contributed by atoms with Gasteiger partial charge in [-0.2, -0.15) is 0 Å². The first-order valence-corrected chi connectivity index (χ1v) is 13.5. The first-order chi connectivity index (χ1) is 17.5. The van der Waals surface area contributed by atoms with Gasteiger partial charge in [0.05, 0.1) is 6.04 Å². The molecule has 1 aliphatic rings. The lowest BCUT2D eigenvalue weighted by Gasteiger charge is -2.41. The molecule has 1 aromatic heterocycles. The fourth-order valence-corrected chi connectivity index (χ4v) is 5.07. The van der Waals surface area contributed by atoms with E-state index in [1.54, 1.807) is 11.4 Å². The molecule has 0 bridgehead atoms. The number of hydrogen-bond donors (Lipinski definition) is 1. The Balaban J connectivity index is 1.57. The minimum absolute atomic E-state index is 0.0183. The zero-order valence-electron chi connectivity index (χ0n) is 22.0. The maximum Gasteiger partial charge on any atom is 0.270 e. The van der Waals surface area contributed by atoms with Gasteiger partial charge >= 0.3 is 0 Å². The molecule has 0 spiro atoms. The molecule has 3 aromatic rings. The molecule has 196 valence electrons. The van der Waals surface area contributed by atoms with Crippen LogP contribution >= 0.6 is 11.3 Å². The summed E-state index contributed by atoms with van der Waals surface area (Å²) < 4.78 is 20.3. The third kappa shape index (κ3) is 6.36. The molecule has 1 atom stereocenters. The molecule has 0 saturated carbocycles. The molecule has 1 N–H and O–H groups in total. The minimum Gasteiger partial charge on any atom is -0.486 e. The number of amides is 2. The minimum atomic E-state index is -0.568. The van der Waals surface area contributed by atoms with Gasteiger partial charge in [0.25, 0.3) is 5.91 Å². The van der Waals surface area contributed by atoms with Crippen LogP contribution in [0.5, 0.6) is 5.75 Å². The molecular weight excluding hydrogens is 489 g/mol. The van der Waals surface area contributed by atoms with E-state index >= 15 is 0 Å². The highest BCUT2D eigenvalue weighted by molar-refractivity contribution is 7.09. The Labute approximate surface area is 221 Å². The third-order valence-corrected chi connectivity index (χ3v) is 7.05. The lowest BCUT2D eigenvalue weighted by Crippen LogP contribution is -2.45. The van der Waals surface area contributed by atoms with Crippen LogP contribution in [0.3, 0.4) is 0 Å². The van der Waals surface area contributed by atoms with Crippen LogP contribution in [-0.4, -0.2) is 34.8 Å². The van der Waals surface area contributed by atoms with Crippen LogP contribution in [0.2, 0.25) is 0 Å². The Morgan fingerprint density at radius 2 is 2.00 bits per heavy atom. The summed E-state index contributed by atoms with van der Waals surface area (Å²) in [6, 6.07) is 11.9. The van der Waals surface area contributed by atoms with Gasteiger partial charge < -0.3 is 15.0 Å². The summed E-state index contributed by atoms with van der Waals surface area (Å²) in [7, 11) is 0. The van der Waals surface area contributed by atoms with Crippen LogP contribution in [0, 0.1) is 17.2 Å². The second-order valence-corrected chi connectivity index (χ2v) is 11.8. The number of fused-ring (bicyclic) bond motifs is 1. The van der Waals surface area contributed by atoms with Crippen LogP contribution in [0.15, 0.2) is 47.8 Å². The van der Waals surface area contributed by atoms with Crippen LogP contribution in [0.25, 0.3) is 0 Å². The highest BCUT2D eigenvalue weighted by Gasteiger charge is 2.37. The van der Waals surface area contributed by atoms with E-state index in [2.05, 4.69) is 10.3 Å². The molecule has 1 aliphatic heterocycles. The monoisotopic (exact) mass is 523 g/mol. The maximum absolute atomic E-state index is 14.2. The second-order valence-electron chi connectivity index (χ2n) is 10.8. The molecule has 0 saturated heterocycles. The Morgan fingerprint density at radius 3 is 2.70 bits per heavy atom. The topological polar surface area (TPSA) is 71.5 Å². The van der Waals surface area contributed by atoms with Crippen LogP contribution in [0.4, 0.5) is 4.39 Å². The summed E-state index contributed by atoms with van der Waals surface area (Å²) >= 11 is 1.37. The van der Waals surface area contributed by atoms with Crippen molar-refractivity contribution in [2.75, 3.05) is 13.1 Å². The van der Waals surface area contributed by atoms with E-state index in [0.717, 1.165) is 16.7 Å². The van der Waals surface area contributed by atoms with Gasteiger partial charge in [0.2, 0.25) is 5.91 Å². The molecule has 2 amide bonds. The number of carbonyl (C=O) groups is 2. The molecule has 0 radical (unpaired) electrons. The van der Waals surface area contributed by atoms with Crippen molar-refractivity contribution in [3.63, 3.8) is 0 Å². The summed E-state index contributed by atoms with van der Waals surface area (Å²) in [6.07, 6.45) is 0.713. The van der Waals surface area contributed by atoms with Gasteiger partial charge in [0.15, 0.2) is 0 Å². The number of halogens is 1. The van der Waals surface area contributed by atoms with Gasteiger partial charge in [-0.3, -0.25) is 9.59 Å². The van der Waals surface area contributed by atoms with E-state index in [9.17, 15) is 14.0 Å². The average Bonchev–Trinajstić information content (AvgIpc) is 3.33. The first-order valence-electron chi connectivity index (χ1n) is 12.6. The fraction of sp³-hybridized carbons (Fsp3) is 0.414. The normalized spacial score (nSPS) is 15.4. The van der Waals surface area contributed by atoms with Gasteiger partial charge in [0.1, 0.15) is 28.9 Å².